The van der Waals surface area contributed by atoms with E-state index in [1.807, 2.05) is 0 Å². The topological polar surface area (TPSA) is 35.2 Å². The molecular weight excluding hydrogens is 248 g/mol. The molecule has 0 aliphatic carbocycles. The molecule has 0 bridgehead atoms. The maximum Gasteiger partial charge on any atom is 0.168 e. The summed E-state index contributed by atoms with van der Waals surface area (Å²) >= 11 is 0. The molecular formula is C15H15F2NO. The Bertz CT molecular complexity index is 597. The van der Waals surface area contributed by atoms with Crippen LogP contribution in [0.1, 0.15) is 24.1 Å². The maximum absolute atomic E-state index is 13.8. The quantitative estimate of drug-likeness (QED) is 0.905. The molecule has 1 atom stereocenters. The molecule has 0 unspecified atom stereocenters. The summed E-state index contributed by atoms with van der Waals surface area (Å²) in [5.74, 6) is -1.06. The molecule has 0 aliphatic heterocycles. The Morgan fingerprint density at radius 3 is 2.47 bits per heavy atom. The first-order chi connectivity index (χ1) is 8.99. The number of aryl methyl sites for hydroxylation is 1. The van der Waals surface area contributed by atoms with E-state index in [1.54, 1.807) is 32.0 Å². The van der Waals surface area contributed by atoms with Crippen LogP contribution in [0.25, 0.3) is 0 Å². The van der Waals surface area contributed by atoms with Gasteiger partial charge in [-0.1, -0.05) is 18.2 Å². The van der Waals surface area contributed by atoms with Crippen molar-refractivity contribution >= 4 is 0 Å². The van der Waals surface area contributed by atoms with Crippen LogP contribution < -0.4 is 10.5 Å². The van der Waals surface area contributed by atoms with Gasteiger partial charge in [-0.3, -0.25) is 0 Å². The van der Waals surface area contributed by atoms with Gasteiger partial charge in [0.2, 0.25) is 0 Å². The van der Waals surface area contributed by atoms with Gasteiger partial charge in [-0.25, -0.2) is 8.78 Å². The molecule has 2 N–H and O–H groups in total. The van der Waals surface area contributed by atoms with Gasteiger partial charge in [0.1, 0.15) is 0 Å². The van der Waals surface area contributed by atoms with Gasteiger partial charge in [-0.15, -0.1) is 0 Å². The number of halogens is 2. The zero-order valence-electron chi connectivity index (χ0n) is 10.8. The van der Waals surface area contributed by atoms with Crippen LogP contribution in [0.2, 0.25) is 0 Å². The third kappa shape index (κ3) is 2.90. The molecule has 2 aromatic rings. The van der Waals surface area contributed by atoms with Crippen molar-refractivity contribution in [3.05, 3.63) is 59.2 Å². The lowest BCUT2D eigenvalue weighted by Gasteiger charge is -2.11. The molecule has 2 rings (SSSR count). The van der Waals surface area contributed by atoms with Gasteiger partial charge >= 0.3 is 0 Å². The Balaban J connectivity index is 2.31. The molecule has 2 aromatic carbocycles. The second-order valence-electron chi connectivity index (χ2n) is 4.47. The van der Waals surface area contributed by atoms with Crippen LogP contribution >= 0.6 is 0 Å². The first-order valence-electron chi connectivity index (χ1n) is 5.97. The highest BCUT2D eigenvalue weighted by Crippen LogP contribution is 2.29. The predicted octanol–water partition coefficient (Wildman–Crippen LogP) is 4.09. The van der Waals surface area contributed by atoms with Gasteiger partial charge in [0.15, 0.2) is 23.1 Å². The Hall–Kier alpha value is -1.94. The van der Waals surface area contributed by atoms with Crippen LogP contribution in [0.3, 0.4) is 0 Å². The molecule has 0 aromatic heterocycles. The molecule has 0 saturated heterocycles. The number of hydrogen-bond acceptors (Lipinski definition) is 2. The van der Waals surface area contributed by atoms with E-state index in [-0.39, 0.29) is 17.5 Å². The highest BCUT2D eigenvalue weighted by Gasteiger charge is 2.11. The summed E-state index contributed by atoms with van der Waals surface area (Å²) in [6, 6.07) is 8.89. The smallest absolute Gasteiger partial charge is 0.168 e. The molecule has 0 fully saturated rings. The Morgan fingerprint density at radius 2 is 1.84 bits per heavy atom. The van der Waals surface area contributed by atoms with Gasteiger partial charge in [-0.05, 0) is 43.2 Å². The average Bonchev–Trinajstić information content (AvgIpc) is 2.37. The van der Waals surface area contributed by atoms with Crippen molar-refractivity contribution in [2.75, 3.05) is 0 Å². The largest absolute Gasteiger partial charge is 0.451 e. The standard InChI is InChI=1S/C15H15F2NO/c1-9-4-3-5-14(15(9)17)19-13-7-6-11(10(2)18)8-12(13)16/h3-8,10H,18H2,1-2H3/t10-/m0/s1. The van der Waals surface area contributed by atoms with E-state index in [0.717, 1.165) is 0 Å². The van der Waals surface area contributed by atoms with Crippen molar-refractivity contribution in [2.24, 2.45) is 5.73 Å². The zero-order valence-corrected chi connectivity index (χ0v) is 10.8. The summed E-state index contributed by atoms with van der Waals surface area (Å²) in [6.07, 6.45) is 0. The van der Waals surface area contributed by atoms with Gasteiger partial charge < -0.3 is 10.5 Å². The Morgan fingerprint density at radius 1 is 1.11 bits per heavy atom. The lowest BCUT2D eigenvalue weighted by atomic mass is 10.1. The second kappa shape index (κ2) is 5.36. The number of benzene rings is 2. The number of nitrogens with two attached hydrogens (primary N) is 1. The monoisotopic (exact) mass is 263 g/mol. The van der Waals surface area contributed by atoms with Crippen molar-refractivity contribution in [1.82, 2.24) is 0 Å². The molecule has 2 nitrogen and oxygen atoms in total. The van der Waals surface area contributed by atoms with E-state index in [1.165, 1.54) is 18.2 Å². The van der Waals surface area contributed by atoms with Crippen LogP contribution in [-0.2, 0) is 0 Å². The minimum absolute atomic E-state index is 0.00690. The van der Waals surface area contributed by atoms with E-state index in [2.05, 4.69) is 0 Å². The van der Waals surface area contributed by atoms with Crippen LogP contribution in [-0.4, -0.2) is 0 Å². The Labute approximate surface area is 110 Å². The van der Waals surface area contributed by atoms with E-state index in [9.17, 15) is 8.78 Å². The summed E-state index contributed by atoms with van der Waals surface area (Å²) in [5.41, 5.74) is 6.77. The van der Waals surface area contributed by atoms with Gasteiger partial charge in [0.25, 0.3) is 0 Å². The van der Waals surface area contributed by atoms with Crippen LogP contribution in [0.4, 0.5) is 8.78 Å². The third-order valence-corrected chi connectivity index (χ3v) is 2.86. The van der Waals surface area contributed by atoms with Crippen molar-refractivity contribution < 1.29 is 13.5 Å². The van der Waals surface area contributed by atoms with Crippen LogP contribution in [0, 0.1) is 18.6 Å². The highest BCUT2D eigenvalue weighted by atomic mass is 19.1. The second-order valence-corrected chi connectivity index (χ2v) is 4.47. The number of ether oxygens (including phenoxy) is 1. The van der Waals surface area contributed by atoms with E-state index >= 15 is 0 Å². The molecule has 0 aliphatic rings. The fourth-order valence-corrected chi connectivity index (χ4v) is 1.70. The van der Waals surface area contributed by atoms with E-state index < -0.39 is 11.6 Å². The van der Waals surface area contributed by atoms with Gasteiger partial charge in [0.05, 0.1) is 0 Å². The van der Waals surface area contributed by atoms with E-state index in [0.29, 0.717) is 11.1 Å². The normalized spacial score (nSPS) is 12.3. The summed E-state index contributed by atoms with van der Waals surface area (Å²) < 4.78 is 32.8. The van der Waals surface area contributed by atoms with Crippen LogP contribution in [0.5, 0.6) is 11.5 Å². The van der Waals surface area contributed by atoms with Crippen molar-refractivity contribution in [3.63, 3.8) is 0 Å². The highest BCUT2D eigenvalue weighted by molar-refractivity contribution is 5.37. The average molecular weight is 263 g/mol. The minimum Gasteiger partial charge on any atom is -0.451 e. The minimum atomic E-state index is -0.560. The zero-order chi connectivity index (χ0) is 14.0. The van der Waals surface area contributed by atoms with Gasteiger partial charge in [0, 0.05) is 6.04 Å². The first-order valence-corrected chi connectivity index (χ1v) is 5.97. The summed E-state index contributed by atoms with van der Waals surface area (Å²) in [6.45, 7) is 3.38. The summed E-state index contributed by atoms with van der Waals surface area (Å²) in [7, 11) is 0. The van der Waals surface area contributed by atoms with E-state index in [4.69, 9.17) is 10.5 Å². The third-order valence-electron chi connectivity index (χ3n) is 2.86. The fraction of sp³-hybridized carbons (Fsp3) is 0.200. The molecule has 100 valence electrons. The summed E-state index contributed by atoms with van der Waals surface area (Å²) in [4.78, 5) is 0. The van der Waals surface area contributed by atoms with Crippen molar-refractivity contribution in [2.45, 2.75) is 19.9 Å². The molecule has 0 spiro atoms. The SMILES string of the molecule is Cc1cccc(Oc2ccc([C@H](C)N)cc2F)c1F. The summed E-state index contributed by atoms with van der Waals surface area (Å²) in [5, 5.41) is 0. The van der Waals surface area contributed by atoms with Gasteiger partial charge in [-0.2, -0.15) is 0 Å². The molecule has 0 saturated carbocycles. The molecule has 4 heteroatoms. The lowest BCUT2D eigenvalue weighted by molar-refractivity contribution is 0.412. The first kappa shape index (κ1) is 13.5. The molecule has 19 heavy (non-hydrogen) atoms. The molecule has 0 radical (unpaired) electrons. The van der Waals surface area contributed by atoms with Crippen molar-refractivity contribution in [1.29, 1.82) is 0 Å². The Kier molecular flexibility index (Phi) is 3.81. The number of hydrogen-bond donors (Lipinski definition) is 1. The fourth-order valence-electron chi connectivity index (χ4n) is 1.70. The van der Waals surface area contributed by atoms with Crippen molar-refractivity contribution in [3.8, 4) is 11.5 Å². The molecule has 0 heterocycles. The van der Waals surface area contributed by atoms with Crippen LogP contribution in [0.15, 0.2) is 36.4 Å². The number of rotatable bonds is 3. The predicted molar refractivity (Wildman–Crippen MR) is 70.2 cm³/mol. The molecule has 0 amide bonds. The lowest BCUT2D eigenvalue weighted by Crippen LogP contribution is -2.05. The maximum atomic E-state index is 13.8.